The number of sulfone groups is 1. The molecule has 19 heavy (non-hydrogen) atoms. The van der Waals surface area contributed by atoms with Gasteiger partial charge in [-0.05, 0) is 17.5 Å². The second-order valence-electron chi connectivity index (χ2n) is 5.08. The highest BCUT2D eigenvalue weighted by molar-refractivity contribution is 7.91. The van der Waals surface area contributed by atoms with Crippen LogP contribution in [0.4, 0.5) is 0 Å². The summed E-state index contributed by atoms with van der Waals surface area (Å²) in [6.45, 7) is 0. The van der Waals surface area contributed by atoms with Crippen LogP contribution in [0.5, 0.6) is 0 Å². The highest BCUT2D eigenvalue weighted by atomic mass is 32.2. The lowest BCUT2D eigenvalue weighted by molar-refractivity contribution is 0.593. The molecule has 0 aromatic heterocycles. The van der Waals surface area contributed by atoms with Crippen LogP contribution in [0.3, 0.4) is 0 Å². The van der Waals surface area contributed by atoms with Gasteiger partial charge in [-0.15, -0.1) is 0 Å². The Labute approximate surface area is 114 Å². The molecular weight excluding hydrogens is 256 g/mol. The van der Waals surface area contributed by atoms with Gasteiger partial charge in [-0.1, -0.05) is 60.7 Å². The molecule has 2 nitrogen and oxygen atoms in total. The minimum Gasteiger partial charge on any atom is -0.228 e. The minimum atomic E-state index is -3.04. The minimum absolute atomic E-state index is 0.155. The highest BCUT2D eigenvalue weighted by Gasteiger charge is 2.47. The SMILES string of the molecule is O=S(=O)(Cc1ccccc1)[C@H]1C[C@H]1c1ccccc1. The lowest BCUT2D eigenvalue weighted by Gasteiger charge is -2.04. The number of hydrogen-bond acceptors (Lipinski definition) is 2. The zero-order valence-electron chi connectivity index (χ0n) is 10.6. The first-order valence-electron chi connectivity index (χ1n) is 6.47. The average Bonchev–Trinajstić information content (AvgIpc) is 3.21. The molecule has 0 saturated heterocycles. The van der Waals surface area contributed by atoms with E-state index in [1.54, 1.807) is 0 Å². The molecule has 3 heteroatoms. The molecule has 2 aromatic rings. The van der Waals surface area contributed by atoms with Crippen molar-refractivity contribution in [2.24, 2.45) is 0 Å². The van der Waals surface area contributed by atoms with E-state index >= 15 is 0 Å². The van der Waals surface area contributed by atoms with E-state index in [1.165, 1.54) is 0 Å². The summed E-state index contributed by atoms with van der Waals surface area (Å²) < 4.78 is 24.7. The maximum absolute atomic E-state index is 12.3. The Bertz CT molecular complexity index is 648. The van der Waals surface area contributed by atoms with Crippen molar-refractivity contribution in [2.75, 3.05) is 0 Å². The molecule has 2 atom stereocenters. The van der Waals surface area contributed by atoms with Crippen LogP contribution in [-0.2, 0) is 15.6 Å². The van der Waals surface area contributed by atoms with E-state index in [4.69, 9.17) is 0 Å². The van der Waals surface area contributed by atoms with Crippen molar-refractivity contribution < 1.29 is 8.42 Å². The molecule has 0 bridgehead atoms. The predicted molar refractivity (Wildman–Crippen MR) is 76.7 cm³/mol. The molecule has 0 radical (unpaired) electrons. The van der Waals surface area contributed by atoms with Crippen LogP contribution in [0.1, 0.15) is 23.5 Å². The van der Waals surface area contributed by atoms with Crippen LogP contribution in [0.25, 0.3) is 0 Å². The van der Waals surface area contributed by atoms with Crippen LogP contribution in [0, 0.1) is 0 Å². The summed E-state index contributed by atoms with van der Waals surface area (Å²) in [6.07, 6.45) is 0.763. The predicted octanol–water partition coefficient (Wildman–Crippen LogP) is 3.16. The molecule has 98 valence electrons. The van der Waals surface area contributed by atoms with Gasteiger partial charge in [-0.2, -0.15) is 0 Å². The second kappa shape index (κ2) is 4.82. The average molecular weight is 272 g/mol. The smallest absolute Gasteiger partial charge is 0.157 e. The molecule has 1 aliphatic rings. The molecule has 2 aromatic carbocycles. The molecule has 0 amide bonds. The molecule has 1 fully saturated rings. The Kier molecular flexibility index (Phi) is 3.15. The van der Waals surface area contributed by atoms with Crippen molar-refractivity contribution >= 4 is 9.84 Å². The zero-order chi connectivity index (χ0) is 13.3. The molecule has 0 unspecified atom stereocenters. The highest BCUT2D eigenvalue weighted by Crippen LogP contribution is 2.46. The standard InChI is InChI=1S/C16H16O2S/c17-19(18,12-13-7-3-1-4-8-13)16-11-15(16)14-9-5-2-6-10-14/h1-10,15-16H,11-12H2/t15-,16-/m0/s1. The Morgan fingerprint density at radius 2 is 1.47 bits per heavy atom. The monoisotopic (exact) mass is 272 g/mol. The van der Waals surface area contributed by atoms with Crippen LogP contribution in [-0.4, -0.2) is 13.7 Å². The molecule has 1 saturated carbocycles. The molecule has 0 N–H and O–H groups in total. The second-order valence-corrected chi connectivity index (χ2v) is 7.30. The molecule has 0 spiro atoms. The maximum atomic E-state index is 12.3. The molecule has 1 aliphatic carbocycles. The summed E-state index contributed by atoms with van der Waals surface area (Å²) in [4.78, 5) is 0. The lowest BCUT2D eigenvalue weighted by Crippen LogP contribution is -2.11. The van der Waals surface area contributed by atoms with Crippen molar-refractivity contribution in [3.63, 3.8) is 0 Å². The summed E-state index contributed by atoms with van der Waals surface area (Å²) in [5.41, 5.74) is 2.02. The molecule has 3 rings (SSSR count). The largest absolute Gasteiger partial charge is 0.228 e. The Morgan fingerprint density at radius 1 is 0.895 bits per heavy atom. The third-order valence-corrected chi connectivity index (χ3v) is 5.81. The third kappa shape index (κ3) is 2.71. The van der Waals surface area contributed by atoms with E-state index in [2.05, 4.69) is 0 Å². The first kappa shape index (κ1) is 12.4. The van der Waals surface area contributed by atoms with Crippen LogP contribution >= 0.6 is 0 Å². The van der Waals surface area contributed by atoms with E-state index in [9.17, 15) is 8.42 Å². The summed E-state index contributed by atoms with van der Waals surface area (Å²) in [7, 11) is -3.04. The van der Waals surface area contributed by atoms with Gasteiger partial charge in [0.2, 0.25) is 0 Å². The molecule has 0 heterocycles. The van der Waals surface area contributed by atoms with Gasteiger partial charge in [0.15, 0.2) is 9.84 Å². The summed E-state index contributed by atoms with van der Waals surface area (Å²) in [5, 5.41) is -0.199. The van der Waals surface area contributed by atoms with Gasteiger partial charge in [0.25, 0.3) is 0 Å². The van der Waals surface area contributed by atoms with Gasteiger partial charge >= 0.3 is 0 Å². The van der Waals surface area contributed by atoms with Crippen molar-refractivity contribution in [3.05, 3.63) is 71.8 Å². The number of benzene rings is 2. The van der Waals surface area contributed by atoms with Crippen molar-refractivity contribution in [2.45, 2.75) is 23.3 Å². The summed E-state index contributed by atoms with van der Waals surface area (Å²) in [5.74, 6) is 0.344. The van der Waals surface area contributed by atoms with E-state index in [0.29, 0.717) is 0 Å². The van der Waals surface area contributed by atoms with E-state index < -0.39 is 9.84 Å². The van der Waals surface area contributed by atoms with Crippen LogP contribution < -0.4 is 0 Å². The first-order chi connectivity index (χ1) is 9.17. The topological polar surface area (TPSA) is 34.1 Å². The lowest BCUT2D eigenvalue weighted by atomic mass is 10.1. The Balaban J connectivity index is 1.74. The van der Waals surface area contributed by atoms with Gasteiger partial charge < -0.3 is 0 Å². The van der Waals surface area contributed by atoms with Gasteiger partial charge in [-0.3, -0.25) is 0 Å². The zero-order valence-corrected chi connectivity index (χ0v) is 11.4. The normalized spacial score (nSPS) is 22.1. The van der Waals surface area contributed by atoms with Crippen molar-refractivity contribution in [1.29, 1.82) is 0 Å². The van der Waals surface area contributed by atoms with E-state index in [-0.39, 0.29) is 16.9 Å². The number of hydrogen-bond donors (Lipinski definition) is 0. The van der Waals surface area contributed by atoms with Gasteiger partial charge in [0.1, 0.15) is 0 Å². The quantitative estimate of drug-likeness (QED) is 0.856. The fourth-order valence-electron chi connectivity index (χ4n) is 2.53. The summed E-state index contributed by atoms with van der Waals surface area (Å²) in [6, 6.07) is 19.3. The van der Waals surface area contributed by atoms with Crippen molar-refractivity contribution in [3.8, 4) is 0 Å². The van der Waals surface area contributed by atoms with Crippen LogP contribution in [0.2, 0.25) is 0 Å². The van der Waals surface area contributed by atoms with Gasteiger partial charge in [0.05, 0.1) is 11.0 Å². The maximum Gasteiger partial charge on any atom is 0.157 e. The summed E-state index contributed by atoms with van der Waals surface area (Å²) >= 11 is 0. The Hall–Kier alpha value is -1.61. The fourth-order valence-corrected chi connectivity index (χ4v) is 4.56. The third-order valence-electron chi connectivity index (χ3n) is 3.63. The van der Waals surface area contributed by atoms with Crippen molar-refractivity contribution in [1.82, 2.24) is 0 Å². The Morgan fingerprint density at radius 3 is 2.11 bits per heavy atom. The van der Waals surface area contributed by atoms with E-state index in [1.807, 2.05) is 60.7 Å². The van der Waals surface area contributed by atoms with E-state index in [0.717, 1.165) is 17.5 Å². The first-order valence-corrected chi connectivity index (χ1v) is 8.19. The molecular formula is C16H16O2S. The fraction of sp³-hybridized carbons (Fsp3) is 0.250. The molecule has 0 aliphatic heterocycles. The van der Waals surface area contributed by atoms with Crippen LogP contribution in [0.15, 0.2) is 60.7 Å². The number of rotatable bonds is 4. The van der Waals surface area contributed by atoms with Gasteiger partial charge in [0, 0.05) is 5.92 Å². The van der Waals surface area contributed by atoms with Gasteiger partial charge in [-0.25, -0.2) is 8.42 Å².